The molecule has 0 fully saturated rings. The summed E-state index contributed by atoms with van der Waals surface area (Å²) in [6.07, 6.45) is 1.53. The molecule has 0 aliphatic heterocycles. The molecular weight excluding hydrogens is 336 g/mol. The SMILES string of the molecule is O=C(NN=Cc1cccc(Cl)c1)c1cc2c(ccc3ccccc32)o1. The number of halogens is 1. The molecule has 0 saturated heterocycles. The van der Waals surface area contributed by atoms with E-state index < -0.39 is 5.91 Å². The Kier molecular flexibility index (Phi) is 3.96. The van der Waals surface area contributed by atoms with Crippen molar-refractivity contribution in [2.75, 3.05) is 0 Å². The summed E-state index contributed by atoms with van der Waals surface area (Å²) in [7, 11) is 0. The minimum absolute atomic E-state index is 0.217. The van der Waals surface area contributed by atoms with Crippen molar-refractivity contribution in [3.8, 4) is 0 Å². The summed E-state index contributed by atoms with van der Waals surface area (Å²) in [6, 6.07) is 20.7. The van der Waals surface area contributed by atoms with E-state index in [0.29, 0.717) is 10.6 Å². The highest BCUT2D eigenvalue weighted by molar-refractivity contribution is 6.30. The molecule has 1 amide bonds. The van der Waals surface area contributed by atoms with Crippen LogP contribution in [0.3, 0.4) is 0 Å². The average molecular weight is 349 g/mol. The van der Waals surface area contributed by atoms with Gasteiger partial charge in [0, 0.05) is 10.4 Å². The second-order valence-electron chi connectivity index (χ2n) is 5.56. The van der Waals surface area contributed by atoms with Gasteiger partial charge in [-0.15, -0.1) is 0 Å². The molecule has 122 valence electrons. The summed E-state index contributed by atoms with van der Waals surface area (Å²) < 4.78 is 5.65. The van der Waals surface area contributed by atoms with Crippen LogP contribution in [0.4, 0.5) is 0 Å². The highest BCUT2D eigenvalue weighted by Crippen LogP contribution is 2.28. The number of hydrogen-bond acceptors (Lipinski definition) is 3. The zero-order chi connectivity index (χ0) is 17.2. The number of fused-ring (bicyclic) bond motifs is 3. The van der Waals surface area contributed by atoms with Crippen molar-refractivity contribution in [3.63, 3.8) is 0 Å². The van der Waals surface area contributed by atoms with Crippen LogP contribution in [0.25, 0.3) is 21.7 Å². The van der Waals surface area contributed by atoms with E-state index >= 15 is 0 Å². The molecule has 5 heteroatoms. The number of rotatable bonds is 3. The molecule has 4 rings (SSSR count). The fourth-order valence-electron chi connectivity index (χ4n) is 2.71. The first-order valence-corrected chi connectivity index (χ1v) is 8.09. The minimum atomic E-state index is -0.404. The Balaban J connectivity index is 1.59. The second kappa shape index (κ2) is 6.42. The fraction of sp³-hybridized carbons (Fsp3) is 0. The molecule has 1 N–H and O–H groups in total. The van der Waals surface area contributed by atoms with Crippen LogP contribution in [-0.2, 0) is 0 Å². The molecule has 0 radical (unpaired) electrons. The predicted octanol–water partition coefficient (Wildman–Crippen LogP) is 5.00. The van der Waals surface area contributed by atoms with Gasteiger partial charge in [0.15, 0.2) is 5.76 Å². The Morgan fingerprint density at radius 2 is 1.88 bits per heavy atom. The maximum Gasteiger partial charge on any atom is 0.307 e. The van der Waals surface area contributed by atoms with E-state index in [9.17, 15) is 4.79 Å². The zero-order valence-electron chi connectivity index (χ0n) is 13.1. The van der Waals surface area contributed by atoms with Gasteiger partial charge < -0.3 is 4.42 Å². The molecule has 0 unspecified atom stereocenters. The van der Waals surface area contributed by atoms with Gasteiger partial charge in [0.25, 0.3) is 0 Å². The van der Waals surface area contributed by atoms with Crippen molar-refractivity contribution in [1.29, 1.82) is 0 Å². The first-order chi connectivity index (χ1) is 12.2. The molecule has 0 aliphatic rings. The summed E-state index contributed by atoms with van der Waals surface area (Å²) in [5.41, 5.74) is 3.93. The lowest BCUT2D eigenvalue weighted by Crippen LogP contribution is -2.16. The van der Waals surface area contributed by atoms with Crippen molar-refractivity contribution in [2.24, 2.45) is 5.10 Å². The Hall–Kier alpha value is -3.11. The van der Waals surface area contributed by atoms with Crippen LogP contribution in [0.2, 0.25) is 5.02 Å². The van der Waals surface area contributed by atoms with Crippen molar-refractivity contribution < 1.29 is 9.21 Å². The van der Waals surface area contributed by atoms with E-state index in [1.54, 1.807) is 18.2 Å². The molecule has 0 atom stereocenters. The van der Waals surface area contributed by atoms with Gasteiger partial charge in [0.2, 0.25) is 0 Å². The van der Waals surface area contributed by atoms with Crippen LogP contribution in [0.5, 0.6) is 0 Å². The number of nitrogens with one attached hydrogen (secondary N) is 1. The standard InChI is InChI=1S/C20H13ClN2O2/c21-15-6-3-4-13(10-15)12-22-23-20(24)19-11-17-16-7-2-1-5-14(16)8-9-18(17)25-19/h1-12H,(H,23,24). The van der Waals surface area contributed by atoms with E-state index in [2.05, 4.69) is 10.5 Å². The van der Waals surface area contributed by atoms with Crippen molar-refractivity contribution in [1.82, 2.24) is 5.43 Å². The summed E-state index contributed by atoms with van der Waals surface area (Å²) in [5.74, 6) is -0.187. The lowest BCUT2D eigenvalue weighted by Gasteiger charge is -1.96. The monoisotopic (exact) mass is 348 g/mol. The molecule has 0 aliphatic carbocycles. The maximum atomic E-state index is 12.3. The third kappa shape index (κ3) is 3.12. The summed E-state index contributed by atoms with van der Waals surface area (Å²) in [4.78, 5) is 12.3. The van der Waals surface area contributed by atoms with Gasteiger partial charge in [-0.05, 0) is 40.6 Å². The highest BCUT2D eigenvalue weighted by atomic mass is 35.5. The third-order valence-corrected chi connectivity index (χ3v) is 4.11. The second-order valence-corrected chi connectivity index (χ2v) is 6.00. The molecule has 4 nitrogen and oxygen atoms in total. The third-order valence-electron chi connectivity index (χ3n) is 3.88. The smallest absolute Gasteiger partial charge is 0.307 e. The molecule has 0 bridgehead atoms. The number of carbonyl (C=O) groups is 1. The zero-order valence-corrected chi connectivity index (χ0v) is 13.8. The molecule has 0 spiro atoms. The first kappa shape index (κ1) is 15.4. The van der Waals surface area contributed by atoms with Gasteiger partial charge in [-0.2, -0.15) is 5.10 Å². The van der Waals surface area contributed by atoms with Gasteiger partial charge >= 0.3 is 5.91 Å². The van der Waals surface area contributed by atoms with Gasteiger partial charge in [-0.1, -0.05) is 54.1 Å². The summed E-state index contributed by atoms with van der Waals surface area (Å²) >= 11 is 5.91. The van der Waals surface area contributed by atoms with Crippen molar-refractivity contribution in [2.45, 2.75) is 0 Å². The molecule has 1 heterocycles. The predicted molar refractivity (Wildman–Crippen MR) is 100 cm³/mol. The Morgan fingerprint density at radius 3 is 2.76 bits per heavy atom. The normalized spacial score (nSPS) is 11.4. The van der Waals surface area contributed by atoms with Crippen molar-refractivity contribution in [3.05, 3.63) is 83.1 Å². The average Bonchev–Trinajstić information content (AvgIpc) is 3.07. The van der Waals surface area contributed by atoms with Crippen molar-refractivity contribution >= 4 is 45.5 Å². The van der Waals surface area contributed by atoms with E-state index in [1.807, 2.05) is 48.5 Å². The Labute approximate surface area is 148 Å². The number of hydrazone groups is 1. The van der Waals surface area contributed by atoms with E-state index in [-0.39, 0.29) is 5.76 Å². The number of benzene rings is 3. The number of hydrogen-bond donors (Lipinski definition) is 1. The van der Waals surface area contributed by atoms with Gasteiger partial charge in [0.1, 0.15) is 5.58 Å². The van der Waals surface area contributed by atoms with Crippen LogP contribution in [-0.4, -0.2) is 12.1 Å². The van der Waals surface area contributed by atoms with E-state index in [1.165, 1.54) is 6.21 Å². The van der Waals surface area contributed by atoms with E-state index in [0.717, 1.165) is 21.7 Å². The quantitative estimate of drug-likeness (QED) is 0.418. The topological polar surface area (TPSA) is 54.6 Å². The van der Waals surface area contributed by atoms with Gasteiger partial charge in [0.05, 0.1) is 6.21 Å². The summed E-state index contributed by atoms with van der Waals surface area (Å²) in [6.45, 7) is 0. The molecule has 1 aromatic heterocycles. The first-order valence-electron chi connectivity index (χ1n) is 7.71. The fourth-order valence-corrected chi connectivity index (χ4v) is 2.91. The van der Waals surface area contributed by atoms with Crippen LogP contribution in [0.15, 0.2) is 76.2 Å². The Bertz CT molecular complexity index is 1120. The van der Waals surface area contributed by atoms with Crippen LogP contribution < -0.4 is 5.43 Å². The van der Waals surface area contributed by atoms with Gasteiger partial charge in [-0.3, -0.25) is 4.79 Å². The van der Waals surface area contributed by atoms with Crippen LogP contribution >= 0.6 is 11.6 Å². The molecule has 25 heavy (non-hydrogen) atoms. The molecular formula is C20H13ClN2O2. The largest absolute Gasteiger partial charge is 0.451 e. The number of carbonyl (C=O) groups excluding carboxylic acids is 1. The Morgan fingerprint density at radius 1 is 1.00 bits per heavy atom. The minimum Gasteiger partial charge on any atom is -0.451 e. The lowest BCUT2D eigenvalue weighted by molar-refractivity contribution is 0.0929. The molecule has 4 aromatic rings. The molecule has 3 aromatic carbocycles. The van der Waals surface area contributed by atoms with Gasteiger partial charge in [-0.25, -0.2) is 5.43 Å². The lowest BCUT2D eigenvalue weighted by atomic mass is 10.1. The number of furan rings is 1. The van der Waals surface area contributed by atoms with Crippen LogP contribution in [0, 0.1) is 0 Å². The number of nitrogens with zero attached hydrogens (tertiary/aromatic N) is 1. The van der Waals surface area contributed by atoms with E-state index in [4.69, 9.17) is 16.0 Å². The molecule has 0 saturated carbocycles. The maximum absolute atomic E-state index is 12.3. The number of amides is 1. The highest BCUT2D eigenvalue weighted by Gasteiger charge is 2.13. The summed E-state index contributed by atoms with van der Waals surface area (Å²) in [5, 5.41) is 7.61. The van der Waals surface area contributed by atoms with Crippen LogP contribution in [0.1, 0.15) is 16.1 Å².